The molecular formula is C12H18O4. The van der Waals surface area contributed by atoms with Gasteiger partial charge in [-0.1, -0.05) is 0 Å². The molecule has 4 aliphatic rings. The Morgan fingerprint density at radius 2 is 1.94 bits per heavy atom. The summed E-state index contributed by atoms with van der Waals surface area (Å²) in [7, 11) is 0. The number of aliphatic hydroxyl groups is 1. The van der Waals surface area contributed by atoms with Gasteiger partial charge in [0.15, 0.2) is 0 Å². The summed E-state index contributed by atoms with van der Waals surface area (Å²) in [4.78, 5) is 0. The van der Waals surface area contributed by atoms with Gasteiger partial charge in [0.25, 0.3) is 0 Å². The van der Waals surface area contributed by atoms with E-state index < -0.39 is 0 Å². The molecule has 4 heteroatoms. The summed E-state index contributed by atoms with van der Waals surface area (Å²) in [5.74, 6) is 0. The monoisotopic (exact) mass is 226 g/mol. The van der Waals surface area contributed by atoms with Crippen molar-refractivity contribution in [2.24, 2.45) is 0 Å². The molecule has 1 N–H and O–H groups in total. The van der Waals surface area contributed by atoms with Gasteiger partial charge in [0.05, 0.1) is 30.0 Å². The number of hydrogen-bond acceptors (Lipinski definition) is 4. The first-order chi connectivity index (χ1) is 7.81. The molecule has 4 rings (SSSR count). The molecule has 0 amide bonds. The number of epoxide rings is 1. The zero-order valence-electron chi connectivity index (χ0n) is 9.30. The minimum absolute atomic E-state index is 0.0829. The van der Waals surface area contributed by atoms with E-state index in [9.17, 15) is 0 Å². The van der Waals surface area contributed by atoms with Crippen LogP contribution in [0.5, 0.6) is 0 Å². The molecule has 4 nitrogen and oxygen atoms in total. The number of fused-ring (bicyclic) bond motifs is 3. The van der Waals surface area contributed by atoms with Crippen molar-refractivity contribution in [1.82, 2.24) is 0 Å². The quantitative estimate of drug-likeness (QED) is 0.701. The van der Waals surface area contributed by atoms with E-state index in [1.807, 2.05) is 0 Å². The average Bonchev–Trinajstić information content (AvgIpc) is 2.94. The Bertz CT molecular complexity index is 303. The normalized spacial score (nSPS) is 57.9. The zero-order valence-corrected chi connectivity index (χ0v) is 9.30. The minimum Gasteiger partial charge on any atom is -0.396 e. The van der Waals surface area contributed by atoms with Crippen LogP contribution in [0.4, 0.5) is 0 Å². The Balaban J connectivity index is 1.56. The Labute approximate surface area is 94.9 Å². The molecule has 90 valence electrons. The van der Waals surface area contributed by atoms with Gasteiger partial charge in [-0.25, -0.2) is 0 Å². The van der Waals surface area contributed by atoms with Gasteiger partial charge >= 0.3 is 0 Å². The maximum Gasteiger partial charge on any atom is 0.110 e. The van der Waals surface area contributed by atoms with Crippen molar-refractivity contribution in [2.75, 3.05) is 6.61 Å². The van der Waals surface area contributed by atoms with Crippen LogP contribution in [0.1, 0.15) is 32.1 Å². The molecule has 1 aliphatic carbocycles. The van der Waals surface area contributed by atoms with Crippen molar-refractivity contribution in [3.05, 3.63) is 0 Å². The molecule has 1 saturated carbocycles. The van der Waals surface area contributed by atoms with Gasteiger partial charge in [-0.2, -0.15) is 0 Å². The molecule has 3 aliphatic heterocycles. The molecule has 4 fully saturated rings. The van der Waals surface area contributed by atoms with Crippen molar-refractivity contribution in [3.63, 3.8) is 0 Å². The van der Waals surface area contributed by atoms with E-state index in [0.29, 0.717) is 12.2 Å². The minimum atomic E-state index is -0.0829. The van der Waals surface area contributed by atoms with Crippen LogP contribution in [0.2, 0.25) is 0 Å². The molecule has 0 aromatic heterocycles. The highest BCUT2D eigenvalue weighted by molar-refractivity contribution is 5.14. The molecule has 4 unspecified atom stereocenters. The number of hydrogen-bond donors (Lipinski definition) is 1. The van der Waals surface area contributed by atoms with Gasteiger partial charge in [-0.15, -0.1) is 0 Å². The number of aliphatic hydroxyl groups excluding tert-OH is 1. The topological polar surface area (TPSA) is 51.2 Å². The maximum atomic E-state index is 9.01. The fraction of sp³-hybridized carbons (Fsp3) is 1.00. The van der Waals surface area contributed by atoms with E-state index in [-0.39, 0.29) is 30.5 Å². The van der Waals surface area contributed by atoms with E-state index in [2.05, 4.69) is 0 Å². The fourth-order valence-electron chi connectivity index (χ4n) is 3.83. The first kappa shape index (κ1) is 9.83. The van der Waals surface area contributed by atoms with E-state index in [4.69, 9.17) is 19.3 Å². The first-order valence-corrected chi connectivity index (χ1v) is 6.40. The lowest BCUT2D eigenvalue weighted by Gasteiger charge is -2.42. The fourth-order valence-corrected chi connectivity index (χ4v) is 3.83. The van der Waals surface area contributed by atoms with Crippen molar-refractivity contribution < 1.29 is 19.3 Å². The van der Waals surface area contributed by atoms with Gasteiger partial charge in [-0.05, 0) is 19.3 Å². The third-order valence-corrected chi connectivity index (χ3v) is 4.61. The predicted octanol–water partition coefficient (Wildman–Crippen LogP) is 0.615. The molecule has 0 aromatic rings. The van der Waals surface area contributed by atoms with E-state index in [0.717, 1.165) is 32.1 Å². The Hall–Kier alpha value is -0.160. The van der Waals surface area contributed by atoms with Crippen LogP contribution in [-0.4, -0.2) is 47.8 Å². The van der Waals surface area contributed by atoms with Gasteiger partial charge in [0.2, 0.25) is 0 Å². The van der Waals surface area contributed by atoms with Gasteiger partial charge in [0, 0.05) is 19.4 Å². The lowest BCUT2D eigenvalue weighted by molar-refractivity contribution is -0.172. The van der Waals surface area contributed by atoms with Crippen molar-refractivity contribution in [3.8, 4) is 0 Å². The van der Waals surface area contributed by atoms with E-state index >= 15 is 0 Å². The lowest BCUT2D eigenvalue weighted by atomic mass is 9.78. The Morgan fingerprint density at radius 3 is 2.75 bits per heavy atom. The number of rotatable bonds is 2. The highest BCUT2D eigenvalue weighted by atomic mass is 16.6. The van der Waals surface area contributed by atoms with Gasteiger partial charge in [-0.3, -0.25) is 0 Å². The second-order valence-corrected chi connectivity index (χ2v) is 5.60. The zero-order chi connectivity index (χ0) is 10.8. The van der Waals surface area contributed by atoms with Crippen LogP contribution in [0, 0.1) is 0 Å². The SMILES string of the molecule is OCCC1CCC2O[C@@H]3CC2(CC2O[C@H]23)O1. The molecule has 0 radical (unpaired) electrons. The van der Waals surface area contributed by atoms with E-state index in [1.165, 1.54) is 0 Å². The molecule has 1 spiro atoms. The molecule has 16 heavy (non-hydrogen) atoms. The van der Waals surface area contributed by atoms with Crippen molar-refractivity contribution >= 4 is 0 Å². The lowest BCUT2D eigenvalue weighted by Crippen LogP contribution is -2.50. The average molecular weight is 226 g/mol. The predicted molar refractivity (Wildman–Crippen MR) is 55.1 cm³/mol. The summed E-state index contributed by atoms with van der Waals surface area (Å²) in [6, 6.07) is 0. The summed E-state index contributed by atoms with van der Waals surface area (Å²) >= 11 is 0. The summed E-state index contributed by atoms with van der Waals surface area (Å²) in [5, 5.41) is 9.01. The first-order valence-electron chi connectivity index (χ1n) is 6.40. The van der Waals surface area contributed by atoms with Crippen LogP contribution in [0.3, 0.4) is 0 Å². The number of ether oxygens (including phenoxy) is 3. The standard InChI is InChI=1S/C12H18O4/c13-4-3-7-1-2-10-12(16-7)5-8(14-10)11-9(6-12)15-11/h7-11,13H,1-6H2/t7?,8-,9?,10?,11+,12?/m1/s1. The molecule has 3 saturated heterocycles. The molecule has 3 heterocycles. The van der Waals surface area contributed by atoms with Crippen LogP contribution in [-0.2, 0) is 14.2 Å². The Kier molecular flexibility index (Phi) is 1.96. The highest BCUT2D eigenvalue weighted by Crippen LogP contribution is 2.55. The van der Waals surface area contributed by atoms with Crippen LogP contribution in [0.25, 0.3) is 0 Å². The van der Waals surface area contributed by atoms with Crippen LogP contribution < -0.4 is 0 Å². The smallest absolute Gasteiger partial charge is 0.110 e. The summed E-state index contributed by atoms with van der Waals surface area (Å²) in [6.07, 6.45) is 6.39. The summed E-state index contributed by atoms with van der Waals surface area (Å²) < 4.78 is 17.9. The second kappa shape index (κ2) is 3.19. The van der Waals surface area contributed by atoms with Crippen molar-refractivity contribution in [1.29, 1.82) is 0 Å². The molecule has 0 aromatic carbocycles. The Morgan fingerprint density at radius 1 is 1.12 bits per heavy atom. The van der Waals surface area contributed by atoms with Gasteiger partial charge in [0.1, 0.15) is 6.10 Å². The van der Waals surface area contributed by atoms with Crippen LogP contribution >= 0.6 is 0 Å². The molecule has 2 bridgehead atoms. The van der Waals surface area contributed by atoms with Gasteiger partial charge < -0.3 is 19.3 Å². The van der Waals surface area contributed by atoms with Crippen molar-refractivity contribution in [2.45, 2.75) is 68.2 Å². The summed E-state index contributed by atoms with van der Waals surface area (Å²) in [5.41, 5.74) is -0.0829. The van der Waals surface area contributed by atoms with E-state index in [1.54, 1.807) is 0 Å². The maximum absolute atomic E-state index is 9.01. The highest BCUT2D eigenvalue weighted by Gasteiger charge is 2.66. The second-order valence-electron chi connectivity index (χ2n) is 5.60. The van der Waals surface area contributed by atoms with Crippen LogP contribution in [0.15, 0.2) is 0 Å². The largest absolute Gasteiger partial charge is 0.396 e. The third kappa shape index (κ3) is 1.24. The third-order valence-electron chi connectivity index (χ3n) is 4.61. The molecular weight excluding hydrogens is 208 g/mol. The molecule has 6 atom stereocenters. The summed E-state index contributed by atoms with van der Waals surface area (Å²) in [6.45, 7) is 0.220.